The average molecular weight is 275 g/mol. The van der Waals surface area contributed by atoms with Crippen LogP contribution in [0.2, 0.25) is 0 Å². The van der Waals surface area contributed by atoms with E-state index in [1.807, 2.05) is 19.9 Å². The summed E-state index contributed by atoms with van der Waals surface area (Å²) in [4.78, 5) is 23.6. The second kappa shape index (κ2) is 6.41. The molecule has 0 spiro atoms. The first-order valence-corrected chi connectivity index (χ1v) is 7.06. The van der Waals surface area contributed by atoms with Crippen molar-refractivity contribution in [3.05, 3.63) is 29.3 Å². The highest BCUT2D eigenvalue weighted by Gasteiger charge is 2.24. The van der Waals surface area contributed by atoms with Gasteiger partial charge in [0, 0.05) is 23.8 Å². The number of anilines is 1. The van der Waals surface area contributed by atoms with E-state index in [-0.39, 0.29) is 11.9 Å². The number of carbonyl (C=O) groups is 2. The van der Waals surface area contributed by atoms with Gasteiger partial charge in [0.1, 0.15) is 0 Å². The van der Waals surface area contributed by atoms with Crippen LogP contribution < -0.4 is 16.0 Å². The Labute approximate surface area is 119 Å². The Kier molecular flexibility index (Phi) is 4.61. The van der Waals surface area contributed by atoms with Crippen LogP contribution in [0.3, 0.4) is 0 Å². The molecule has 0 aliphatic heterocycles. The van der Waals surface area contributed by atoms with Gasteiger partial charge in [-0.1, -0.05) is 13.0 Å². The van der Waals surface area contributed by atoms with Gasteiger partial charge < -0.3 is 16.0 Å². The number of hydrogen-bond donors (Lipinski definition) is 3. The minimum Gasteiger partial charge on any atom is -0.349 e. The molecular formula is C15H21N3O2. The van der Waals surface area contributed by atoms with Crippen LogP contribution in [0.15, 0.2) is 18.2 Å². The molecule has 1 aliphatic rings. The Balaban J connectivity index is 2.03. The first-order valence-electron chi connectivity index (χ1n) is 7.06. The summed E-state index contributed by atoms with van der Waals surface area (Å²) in [5.74, 6) is -0.0792. The van der Waals surface area contributed by atoms with Gasteiger partial charge in [-0.25, -0.2) is 4.79 Å². The van der Waals surface area contributed by atoms with Crippen LogP contribution in [0.25, 0.3) is 0 Å². The average Bonchev–Trinajstić information content (AvgIpc) is 3.22. The highest BCUT2D eigenvalue weighted by molar-refractivity contribution is 5.97. The summed E-state index contributed by atoms with van der Waals surface area (Å²) >= 11 is 0. The van der Waals surface area contributed by atoms with E-state index >= 15 is 0 Å². The lowest BCUT2D eigenvalue weighted by molar-refractivity contribution is 0.0951. The maximum Gasteiger partial charge on any atom is 0.319 e. The maximum atomic E-state index is 12.0. The van der Waals surface area contributed by atoms with E-state index < -0.39 is 0 Å². The highest BCUT2D eigenvalue weighted by atomic mass is 16.2. The van der Waals surface area contributed by atoms with E-state index in [0.29, 0.717) is 23.8 Å². The molecule has 0 saturated heterocycles. The molecule has 20 heavy (non-hydrogen) atoms. The van der Waals surface area contributed by atoms with Crippen molar-refractivity contribution in [2.75, 3.05) is 11.9 Å². The van der Waals surface area contributed by atoms with Gasteiger partial charge in [-0.2, -0.15) is 0 Å². The number of rotatable bonds is 5. The molecule has 0 heterocycles. The summed E-state index contributed by atoms with van der Waals surface area (Å²) < 4.78 is 0. The predicted molar refractivity (Wildman–Crippen MR) is 79.0 cm³/mol. The van der Waals surface area contributed by atoms with Crippen molar-refractivity contribution >= 4 is 17.6 Å². The molecular weight excluding hydrogens is 254 g/mol. The molecule has 1 aromatic carbocycles. The largest absolute Gasteiger partial charge is 0.349 e. The molecule has 1 fully saturated rings. The zero-order valence-electron chi connectivity index (χ0n) is 12.0. The van der Waals surface area contributed by atoms with Crippen molar-refractivity contribution < 1.29 is 9.59 Å². The summed E-state index contributed by atoms with van der Waals surface area (Å²) in [6.07, 6.45) is 3.00. The van der Waals surface area contributed by atoms with E-state index in [1.165, 1.54) is 0 Å². The molecule has 3 N–H and O–H groups in total. The zero-order chi connectivity index (χ0) is 14.5. The standard InChI is InChI=1S/C15H21N3O2/c1-3-8-16-15(20)18-13-9-11(5-4-10(13)2)14(19)17-12-6-7-12/h4-5,9,12H,3,6-8H2,1-2H3,(H,17,19)(H2,16,18,20). The number of benzene rings is 1. The maximum absolute atomic E-state index is 12.0. The van der Waals surface area contributed by atoms with Gasteiger partial charge in [-0.15, -0.1) is 0 Å². The summed E-state index contributed by atoms with van der Waals surface area (Å²) in [5.41, 5.74) is 2.18. The molecule has 0 bridgehead atoms. The minimum absolute atomic E-state index is 0.0792. The fourth-order valence-corrected chi connectivity index (χ4v) is 1.80. The number of carbonyl (C=O) groups excluding carboxylic acids is 2. The smallest absolute Gasteiger partial charge is 0.319 e. The fourth-order valence-electron chi connectivity index (χ4n) is 1.80. The van der Waals surface area contributed by atoms with Gasteiger partial charge in [0.25, 0.3) is 5.91 Å². The second-order valence-corrected chi connectivity index (χ2v) is 5.16. The van der Waals surface area contributed by atoms with E-state index in [9.17, 15) is 9.59 Å². The molecule has 0 atom stereocenters. The SMILES string of the molecule is CCCNC(=O)Nc1cc(C(=O)NC2CC2)ccc1C. The molecule has 0 radical (unpaired) electrons. The van der Waals surface area contributed by atoms with Crippen LogP contribution in [0.4, 0.5) is 10.5 Å². The molecule has 1 aliphatic carbocycles. The molecule has 3 amide bonds. The quantitative estimate of drug-likeness (QED) is 0.772. The van der Waals surface area contributed by atoms with Crippen LogP contribution in [0.1, 0.15) is 42.1 Å². The van der Waals surface area contributed by atoms with Gasteiger partial charge in [-0.05, 0) is 43.9 Å². The number of aryl methyl sites for hydroxylation is 1. The molecule has 108 valence electrons. The Hall–Kier alpha value is -2.04. The molecule has 0 aromatic heterocycles. The summed E-state index contributed by atoms with van der Waals surface area (Å²) in [7, 11) is 0. The lowest BCUT2D eigenvalue weighted by Gasteiger charge is -2.11. The van der Waals surface area contributed by atoms with Crippen molar-refractivity contribution in [2.45, 2.75) is 39.2 Å². The van der Waals surface area contributed by atoms with E-state index in [0.717, 1.165) is 24.8 Å². The Morgan fingerprint density at radius 3 is 2.70 bits per heavy atom. The first kappa shape index (κ1) is 14.4. The van der Waals surface area contributed by atoms with E-state index in [2.05, 4.69) is 16.0 Å². The van der Waals surface area contributed by atoms with Crippen LogP contribution in [-0.4, -0.2) is 24.5 Å². The Morgan fingerprint density at radius 1 is 1.30 bits per heavy atom. The lowest BCUT2D eigenvalue weighted by Crippen LogP contribution is -2.30. The van der Waals surface area contributed by atoms with Gasteiger partial charge in [0.15, 0.2) is 0 Å². The fraction of sp³-hybridized carbons (Fsp3) is 0.467. The third-order valence-corrected chi connectivity index (χ3v) is 3.20. The number of nitrogens with one attached hydrogen (secondary N) is 3. The van der Waals surface area contributed by atoms with Gasteiger partial charge in [0.05, 0.1) is 0 Å². The summed E-state index contributed by atoms with van der Waals surface area (Å²) in [6, 6.07) is 5.43. The van der Waals surface area contributed by atoms with Crippen LogP contribution in [0.5, 0.6) is 0 Å². The van der Waals surface area contributed by atoms with E-state index in [4.69, 9.17) is 0 Å². The number of hydrogen-bond acceptors (Lipinski definition) is 2. The third kappa shape index (κ3) is 3.98. The zero-order valence-corrected chi connectivity index (χ0v) is 12.0. The molecule has 2 rings (SSSR count). The number of urea groups is 1. The van der Waals surface area contributed by atoms with Crippen molar-refractivity contribution in [1.29, 1.82) is 0 Å². The van der Waals surface area contributed by atoms with Crippen LogP contribution in [-0.2, 0) is 0 Å². The van der Waals surface area contributed by atoms with Crippen LogP contribution >= 0.6 is 0 Å². The Bertz CT molecular complexity index is 510. The van der Waals surface area contributed by atoms with Crippen molar-refractivity contribution in [3.63, 3.8) is 0 Å². The molecule has 5 nitrogen and oxygen atoms in total. The van der Waals surface area contributed by atoms with Gasteiger partial charge >= 0.3 is 6.03 Å². The van der Waals surface area contributed by atoms with Crippen molar-refractivity contribution in [1.82, 2.24) is 10.6 Å². The van der Waals surface area contributed by atoms with Crippen molar-refractivity contribution in [2.24, 2.45) is 0 Å². The summed E-state index contributed by atoms with van der Waals surface area (Å²) in [5, 5.41) is 8.46. The normalized spacial score (nSPS) is 13.7. The predicted octanol–water partition coefficient (Wildman–Crippen LogP) is 2.42. The Morgan fingerprint density at radius 2 is 2.05 bits per heavy atom. The van der Waals surface area contributed by atoms with Crippen molar-refractivity contribution in [3.8, 4) is 0 Å². The highest BCUT2D eigenvalue weighted by Crippen LogP contribution is 2.21. The van der Waals surface area contributed by atoms with E-state index in [1.54, 1.807) is 12.1 Å². The first-order chi connectivity index (χ1) is 9.60. The second-order valence-electron chi connectivity index (χ2n) is 5.16. The minimum atomic E-state index is -0.241. The van der Waals surface area contributed by atoms with Gasteiger partial charge in [-0.3, -0.25) is 4.79 Å². The van der Waals surface area contributed by atoms with Gasteiger partial charge in [0.2, 0.25) is 0 Å². The lowest BCUT2D eigenvalue weighted by atomic mass is 10.1. The third-order valence-electron chi connectivity index (χ3n) is 3.20. The molecule has 0 unspecified atom stereocenters. The monoisotopic (exact) mass is 275 g/mol. The topological polar surface area (TPSA) is 70.2 Å². The molecule has 5 heteroatoms. The number of amides is 3. The molecule has 1 saturated carbocycles. The van der Waals surface area contributed by atoms with Crippen LogP contribution in [0, 0.1) is 6.92 Å². The summed E-state index contributed by atoms with van der Waals surface area (Å²) in [6.45, 7) is 4.53. The molecule has 1 aromatic rings.